The molecule has 5 nitrogen and oxygen atoms in total. The fourth-order valence-corrected chi connectivity index (χ4v) is 4.72. The van der Waals surface area contributed by atoms with E-state index < -0.39 is 0 Å². The van der Waals surface area contributed by atoms with E-state index in [9.17, 15) is 0 Å². The highest BCUT2D eigenvalue weighted by Crippen LogP contribution is 2.37. The number of aryl methyl sites for hydroxylation is 1. The molecule has 0 fully saturated rings. The molecule has 0 saturated heterocycles. The lowest BCUT2D eigenvalue weighted by atomic mass is 10.1. The number of furan rings is 1. The highest BCUT2D eigenvalue weighted by Gasteiger charge is 2.21. The Hall–Kier alpha value is -4.77. The first-order valence-electron chi connectivity index (χ1n) is 11.5. The third-order valence-electron chi connectivity index (χ3n) is 6.38. The standard InChI is InChI=1S/C30H20N4O/c1-19-15-16-24-23-13-8-14-25(27(23)35-30(24)32-19)29-33-28-26(34(29)22-11-6-3-7-12-22)17-21(18-31-28)20-9-4-2-5-10-20/h2-18H,1H3. The smallest absolute Gasteiger partial charge is 0.227 e. The molecular formula is C30H20N4O. The van der Waals surface area contributed by atoms with Gasteiger partial charge < -0.3 is 4.42 Å². The Morgan fingerprint density at radius 3 is 2.34 bits per heavy atom. The number of hydrogen-bond donors (Lipinski definition) is 0. The van der Waals surface area contributed by atoms with E-state index in [2.05, 4.69) is 58.1 Å². The maximum atomic E-state index is 6.31. The number of para-hydroxylation sites is 2. The zero-order valence-electron chi connectivity index (χ0n) is 19.0. The van der Waals surface area contributed by atoms with Gasteiger partial charge >= 0.3 is 0 Å². The predicted molar refractivity (Wildman–Crippen MR) is 140 cm³/mol. The first-order valence-corrected chi connectivity index (χ1v) is 11.5. The van der Waals surface area contributed by atoms with Crippen molar-refractivity contribution in [3.8, 4) is 28.2 Å². The van der Waals surface area contributed by atoms with Crippen LogP contribution in [0.15, 0.2) is 108 Å². The van der Waals surface area contributed by atoms with Crippen LogP contribution in [0.5, 0.6) is 0 Å². The maximum absolute atomic E-state index is 6.31. The topological polar surface area (TPSA) is 56.7 Å². The molecule has 166 valence electrons. The van der Waals surface area contributed by atoms with Gasteiger partial charge in [0.2, 0.25) is 5.71 Å². The Labute approximate surface area is 201 Å². The number of benzene rings is 3. The molecule has 0 saturated carbocycles. The minimum absolute atomic E-state index is 0.638. The molecule has 0 bridgehead atoms. The van der Waals surface area contributed by atoms with Gasteiger partial charge in [-0.25, -0.2) is 15.0 Å². The predicted octanol–water partition coefficient (Wildman–Crippen LogP) is 7.36. The van der Waals surface area contributed by atoms with Gasteiger partial charge in [-0.2, -0.15) is 0 Å². The lowest BCUT2D eigenvalue weighted by molar-refractivity contribution is 0.653. The average molecular weight is 453 g/mol. The van der Waals surface area contributed by atoms with Crippen LogP contribution in [-0.4, -0.2) is 19.5 Å². The molecule has 0 aliphatic heterocycles. The molecule has 7 rings (SSSR count). The average Bonchev–Trinajstić information content (AvgIpc) is 3.47. The second kappa shape index (κ2) is 7.64. The van der Waals surface area contributed by atoms with Gasteiger partial charge in [-0.15, -0.1) is 0 Å². The van der Waals surface area contributed by atoms with Crippen LogP contribution in [0, 0.1) is 6.92 Å². The molecule has 0 atom stereocenters. The van der Waals surface area contributed by atoms with Crippen LogP contribution >= 0.6 is 0 Å². The second-order valence-electron chi connectivity index (χ2n) is 8.63. The fourth-order valence-electron chi connectivity index (χ4n) is 4.72. The van der Waals surface area contributed by atoms with E-state index in [-0.39, 0.29) is 0 Å². The van der Waals surface area contributed by atoms with Crippen LogP contribution in [-0.2, 0) is 0 Å². The van der Waals surface area contributed by atoms with Crippen molar-refractivity contribution in [2.45, 2.75) is 6.92 Å². The van der Waals surface area contributed by atoms with Crippen LogP contribution < -0.4 is 0 Å². The normalized spacial score (nSPS) is 11.6. The number of nitrogens with zero attached hydrogens (tertiary/aromatic N) is 4. The number of imidazole rings is 1. The Balaban J connectivity index is 1.55. The molecule has 4 aromatic heterocycles. The Bertz CT molecular complexity index is 1850. The van der Waals surface area contributed by atoms with Crippen LogP contribution in [0.25, 0.3) is 61.4 Å². The number of hydrogen-bond acceptors (Lipinski definition) is 4. The van der Waals surface area contributed by atoms with Gasteiger partial charge in [-0.3, -0.25) is 4.57 Å². The highest BCUT2D eigenvalue weighted by molar-refractivity contribution is 6.08. The van der Waals surface area contributed by atoms with Gasteiger partial charge in [0.15, 0.2) is 11.5 Å². The van der Waals surface area contributed by atoms with Crippen LogP contribution in [0.2, 0.25) is 0 Å². The van der Waals surface area contributed by atoms with E-state index in [1.807, 2.05) is 61.7 Å². The molecule has 7 aromatic rings. The van der Waals surface area contributed by atoms with Crippen molar-refractivity contribution in [3.05, 3.63) is 109 Å². The van der Waals surface area contributed by atoms with Crippen molar-refractivity contribution in [2.24, 2.45) is 0 Å². The van der Waals surface area contributed by atoms with E-state index in [4.69, 9.17) is 14.4 Å². The van der Waals surface area contributed by atoms with Crippen molar-refractivity contribution in [2.75, 3.05) is 0 Å². The number of fused-ring (bicyclic) bond motifs is 4. The first-order chi connectivity index (χ1) is 17.3. The molecule has 3 aromatic carbocycles. The molecule has 0 radical (unpaired) electrons. The molecule has 5 heteroatoms. The number of rotatable bonds is 3. The fraction of sp³-hybridized carbons (Fsp3) is 0.0333. The van der Waals surface area contributed by atoms with Crippen molar-refractivity contribution in [3.63, 3.8) is 0 Å². The summed E-state index contributed by atoms with van der Waals surface area (Å²) < 4.78 is 8.48. The minimum atomic E-state index is 0.638. The molecule has 0 aliphatic carbocycles. The SMILES string of the molecule is Cc1ccc2c(n1)oc1c(-c3nc4ncc(-c5ccccc5)cc4n3-c3ccccc3)cccc12. The van der Waals surface area contributed by atoms with Crippen molar-refractivity contribution in [1.82, 2.24) is 19.5 Å². The van der Waals surface area contributed by atoms with Crippen molar-refractivity contribution in [1.29, 1.82) is 0 Å². The summed E-state index contributed by atoms with van der Waals surface area (Å²) in [5.41, 5.74) is 8.04. The van der Waals surface area contributed by atoms with Crippen molar-refractivity contribution >= 4 is 33.2 Å². The summed E-state index contributed by atoms with van der Waals surface area (Å²) in [4.78, 5) is 14.4. The zero-order chi connectivity index (χ0) is 23.4. The largest absolute Gasteiger partial charge is 0.437 e. The summed E-state index contributed by atoms with van der Waals surface area (Å²) in [5.74, 6) is 0.783. The van der Waals surface area contributed by atoms with Gasteiger partial charge in [0.05, 0.1) is 11.1 Å². The summed E-state index contributed by atoms with van der Waals surface area (Å²) in [5, 5.41) is 2.02. The number of pyridine rings is 2. The van der Waals surface area contributed by atoms with Gasteiger partial charge in [0.1, 0.15) is 5.58 Å². The van der Waals surface area contributed by atoms with Gasteiger partial charge in [-0.05, 0) is 48.9 Å². The summed E-state index contributed by atoms with van der Waals surface area (Å²) in [6.07, 6.45) is 1.89. The third kappa shape index (κ3) is 3.13. The molecule has 0 aliphatic rings. The molecule has 4 heterocycles. The van der Waals surface area contributed by atoms with Crippen LogP contribution in [0.3, 0.4) is 0 Å². The molecule has 0 amide bonds. The monoisotopic (exact) mass is 452 g/mol. The van der Waals surface area contributed by atoms with Crippen molar-refractivity contribution < 1.29 is 4.42 Å². The molecule has 0 N–H and O–H groups in total. The lowest BCUT2D eigenvalue weighted by Crippen LogP contribution is -1.97. The maximum Gasteiger partial charge on any atom is 0.227 e. The van der Waals surface area contributed by atoms with Gasteiger partial charge in [-0.1, -0.05) is 60.7 Å². The van der Waals surface area contributed by atoms with E-state index in [1.165, 1.54) is 0 Å². The molecule has 0 unspecified atom stereocenters. The van der Waals surface area contributed by atoms with E-state index in [0.717, 1.165) is 55.8 Å². The molecular weight excluding hydrogens is 432 g/mol. The summed E-state index contributed by atoms with van der Waals surface area (Å²) in [7, 11) is 0. The molecule has 35 heavy (non-hydrogen) atoms. The van der Waals surface area contributed by atoms with Gasteiger partial charge in [0.25, 0.3) is 0 Å². The Morgan fingerprint density at radius 1 is 0.714 bits per heavy atom. The lowest BCUT2D eigenvalue weighted by Gasteiger charge is -2.10. The van der Waals surface area contributed by atoms with Crippen LogP contribution in [0.1, 0.15) is 5.69 Å². The van der Waals surface area contributed by atoms with Crippen LogP contribution in [0.4, 0.5) is 0 Å². The van der Waals surface area contributed by atoms with E-state index >= 15 is 0 Å². The zero-order valence-corrected chi connectivity index (χ0v) is 19.0. The summed E-state index contributed by atoms with van der Waals surface area (Å²) in [6, 6.07) is 33.0. The quantitative estimate of drug-likeness (QED) is 0.281. The third-order valence-corrected chi connectivity index (χ3v) is 6.38. The molecule has 0 spiro atoms. The second-order valence-corrected chi connectivity index (χ2v) is 8.63. The summed E-state index contributed by atoms with van der Waals surface area (Å²) in [6.45, 7) is 1.97. The Morgan fingerprint density at radius 2 is 1.51 bits per heavy atom. The minimum Gasteiger partial charge on any atom is -0.437 e. The van der Waals surface area contributed by atoms with E-state index in [1.54, 1.807) is 0 Å². The number of aromatic nitrogens is 4. The Kier molecular flexibility index (Phi) is 4.29. The first kappa shape index (κ1) is 19.7. The van der Waals surface area contributed by atoms with Gasteiger partial charge in [0, 0.05) is 33.9 Å². The highest BCUT2D eigenvalue weighted by atomic mass is 16.3. The van der Waals surface area contributed by atoms with E-state index in [0.29, 0.717) is 11.4 Å². The summed E-state index contributed by atoms with van der Waals surface area (Å²) >= 11 is 0.